The van der Waals surface area contributed by atoms with Crippen molar-refractivity contribution in [1.29, 1.82) is 0 Å². The maximum absolute atomic E-state index is 5.49. The van der Waals surface area contributed by atoms with Gasteiger partial charge in [0.1, 0.15) is 11.6 Å². The zero-order valence-electron chi connectivity index (χ0n) is 9.05. The second-order valence-electron chi connectivity index (χ2n) is 3.99. The normalized spacial score (nSPS) is 25.5. The number of hydrogen-bond acceptors (Lipinski definition) is 5. The first-order valence-electron chi connectivity index (χ1n) is 5.06. The van der Waals surface area contributed by atoms with E-state index in [2.05, 4.69) is 21.8 Å². The lowest BCUT2D eigenvalue weighted by Crippen LogP contribution is -2.37. The third-order valence-corrected chi connectivity index (χ3v) is 2.84. The first-order valence-corrected chi connectivity index (χ1v) is 5.06. The average Bonchev–Trinajstić information content (AvgIpc) is 2.65. The monoisotopic (exact) mass is 208 g/mol. The molecule has 1 aromatic rings. The fraction of sp³-hybridized carbons (Fsp3) is 0.600. The quantitative estimate of drug-likeness (QED) is 0.768. The van der Waals surface area contributed by atoms with Crippen LogP contribution in [0.2, 0.25) is 0 Å². The van der Waals surface area contributed by atoms with E-state index in [1.54, 1.807) is 12.4 Å². The summed E-state index contributed by atoms with van der Waals surface area (Å²) in [6, 6.07) is 0.378. The van der Waals surface area contributed by atoms with Gasteiger partial charge in [-0.3, -0.25) is 0 Å². The van der Waals surface area contributed by atoms with E-state index in [1.807, 2.05) is 7.05 Å². The van der Waals surface area contributed by atoms with Gasteiger partial charge in [-0.05, 0) is 0 Å². The third-order valence-electron chi connectivity index (χ3n) is 2.84. The second-order valence-corrected chi connectivity index (χ2v) is 3.99. The number of hydrogen-bond donors (Lipinski definition) is 1. The lowest BCUT2D eigenvalue weighted by Gasteiger charge is -2.26. The fourth-order valence-electron chi connectivity index (χ4n) is 1.83. The highest BCUT2D eigenvalue weighted by atomic mass is 16.5. The molecule has 0 radical (unpaired) electrons. The Balaban J connectivity index is 2.13. The Bertz CT molecular complexity index is 327. The van der Waals surface area contributed by atoms with Gasteiger partial charge in [-0.1, -0.05) is 6.92 Å². The summed E-state index contributed by atoms with van der Waals surface area (Å²) in [5.41, 5.74) is 5.49. The van der Waals surface area contributed by atoms with Crippen molar-refractivity contribution in [3.63, 3.8) is 0 Å². The Morgan fingerprint density at radius 1 is 1.40 bits per heavy atom. The molecule has 2 unspecified atom stereocenters. The molecular weight excluding hydrogens is 192 g/mol. The van der Waals surface area contributed by atoms with Gasteiger partial charge in [-0.25, -0.2) is 9.97 Å². The van der Waals surface area contributed by atoms with Crippen LogP contribution in [-0.4, -0.2) is 36.3 Å². The average molecular weight is 208 g/mol. The van der Waals surface area contributed by atoms with Gasteiger partial charge in [0.05, 0.1) is 31.6 Å². The molecule has 1 aromatic heterocycles. The largest absolute Gasteiger partial charge is 0.382 e. The molecule has 5 heteroatoms. The highest BCUT2D eigenvalue weighted by molar-refractivity contribution is 5.39. The van der Waals surface area contributed by atoms with E-state index in [0.29, 0.717) is 17.8 Å². The Morgan fingerprint density at radius 3 is 2.73 bits per heavy atom. The van der Waals surface area contributed by atoms with E-state index in [9.17, 15) is 0 Å². The molecule has 1 aliphatic rings. The number of ether oxygens (including phenoxy) is 1. The van der Waals surface area contributed by atoms with E-state index in [0.717, 1.165) is 19.0 Å². The molecule has 0 aliphatic carbocycles. The van der Waals surface area contributed by atoms with Gasteiger partial charge in [0.25, 0.3) is 0 Å². The summed E-state index contributed by atoms with van der Waals surface area (Å²) < 4.78 is 5.42. The summed E-state index contributed by atoms with van der Waals surface area (Å²) in [5.74, 6) is 1.81. The van der Waals surface area contributed by atoms with Crippen molar-refractivity contribution in [2.45, 2.75) is 13.0 Å². The molecule has 0 spiro atoms. The molecule has 0 bridgehead atoms. The summed E-state index contributed by atoms with van der Waals surface area (Å²) in [7, 11) is 2.01. The standard InChI is InChI=1S/C10H16N4O/c1-7-5-15-6-8(7)14(2)10-4-12-9(11)3-13-10/h3-4,7-8H,5-6H2,1-2H3,(H2,11,12). The van der Waals surface area contributed by atoms with Crippen LogP contribution in [0.4, 0.5) is 11.6 Å². The molecule has 2 rings (SSSR count). The predicted octanol–water partition coefficient (Wildman–Crippen LogP) is 0.530. The maximum atomic E-state index is 5.49. The zero-order chi connectivity index (χ0) is 10.8. The maximum Gasteiger partial charge on any atom is 0.147 e. The van der Waals surface area contributed by atoms with Gasteiger partial charge in [0, 0.05) is 13.0 Å². The van der Waals surface area contributed by atoms with Crippen molar-refractivity contribution in [3.8, 4) is 0 Å². The van der Waals surface area contributed by atoms with Gasteiger partial charge in [0.2, 0.25) is 0 Å². The van der Waals surface area contributed by atoms with Crippen molar-refractivity contribution >= 4 is 11.6 Å². The number of nitrogens with zero attached hydrogens (tertiary/aromatic N) is 3. The number of anilines is 2. The molecule has 0 amide bonds. The summed E-state index contributed by atoms with van der Waals surface area (Å²) in [6.45, 7) is 3.75. The molecule has 2 N–H and O–H groups in total. The summed E-state index contributed by atoms with van der Waals surface area (Å²) >= 11 is 0. The van der Waals surface area contributed by atoms with Crippen molar-refractivity contribution in [2.75, 3.05) is 30.9 Å². The van der Waals surface area contributed by atoms with Gasteiger partial charge in [-0.15, -0.1) is 0 Å². The summed E-state index contributed by atoms with van der Waals surface area (Å²) in [4.78, 5) is 10.4. The highest BCUT2D eigenvalue weighted by Crippen LogP contribution is 2.21. The van der Waals surface area contributed by atoms with E-state index >= 15 is 0 Å². The third kappa shape index (κ3) is 2.02. The molecule has 0 saturated carbocycles. The molecule has 2 heterocycles. The van der Waals surface area contributed by atoms with E-state index in [4.69, 9.17) is 10.5 Å². The molecule has 2 atom stereocenters. The number of nitrogen functional groups attached to an aromatic ring is 1. The van der Waals surface area contributed by atoms with E-state index in [-0.39, 0.29) is 0 Å². The van der Waals surface area contributed by atoms with Gasteiger partial charge < -0.3 is 15.4 Å². The molecule has 5 nitrogen and oxygen atoms in total. The number of nitrogens with two attached hydrogens (primary N) is 1. The molecule has 1 fully saturated rings. The van der Waals surface area contributed by atoms with Gasteiger partial charge in [-0.2, -0.15) is 0 Å². The summed E-state index contributed by atoms with van der Waals surface area (Å²) in [5, 5.41) is 0. The molecule has 82 valence electrons. The van der Waals surface area contributed by atoms with Crippen LogP contribution in [-0.2, 0) is 4.74 Å². The molecule has 15 heavy (non-hydrogen) atoms. The SMILES string of the molecule is CC1COCC1N(C)c1cnc(N)cn1. The number of rotatable bonds is 2. The molecule has 1 aliphatic heterocycles. The Labute approximate surface area is 89.3 Å². The smallest absolute Gasteiger partial charge is 0.147 e. The van der Waals surface area contributed by atoms with Crippen LogP contribution in [0, 0.1) is 5.92 Å². The van der Waals surface area contributed by atoms with Crippen LogP contribution in [0.15, 0.2) is 12.4 Å². The second kappa shape index (κ2) is 4.02. The minimum absolute atomic E-state index is 0.378. The lowest BCUT2D eigenvalue weighted by molar-refractivity contribution is 0.186. The number of aromatic nitrogens is 2. The van der Waals surface area contributed by atoms with Crippen LogP contribution >= 0.6 is 0 Å². The van der Waals surface area contributed by atoms with Gasteiger partial charge >= 0.3 is 0 Å². The Hall–Kier alpha value is -1.36. The lowest BCUT2D eigenvalue weighted by atomic mass is 10.1. The van der Waals surface area contributed by atoms with Crippen LogP contribution < -0.4 is 10.6 Å². The fourth-order valence-corrected chi connectivity index (χ4v) is 1.83. The molecule has 1 saturated heterocycles. The predicted molar refractivity (Wildman–Crippen MR) is 58.6 cm³/mol. The van der Waals surface area contributed by atoms with Gasteiger partial charge in [0.15, 0.2) is 0 Å². The van der Waals surface area contributed by atoms with Crippen LogP contribution in [0.3, 0.4) is 0 Å². The highest BCUT2D eigenvalue weighted by Gasteiger charge is 2.28. The van der Waals surface area contributed by atoms with E-state index in [1.165, 1.54) is 0 Å². The van der Waals surface area contributed by atoms with Crippen LogP contribution in [0.5, 0.6) is 0 Å². The van der Waals surface area contributed by atoms with Crippen molar-refractivity contribution in [2.24, 2.45) is 5.92 Å². The topological polar surface area (TPSA) is 64.3 Å². The molecule has 0 aromatic carbocycles. The number of likely N-dealkylation sites (N-methyl/N-ethyl adjacent to an activating group) is 1. The minimum atomic E-state index is 0.378. The van der Waals surface area contributed by atoms with E-state index < -0.39 is 0 Å². The zero-order valence-corrected chi connectivity index (χ0v) is 9.05. The summed E-state index contributed by atoms with van der Waals surface area (Å²) in [6.07, 6.45) is 3.27. The van der Waals surface area contributed by atoms with Crippen LogP contribution in [0.25, 0.3) is 0 Å². The minimum Gasteiger partial charge on any atom is -0.382 e. The Kier molecular flexibility index (Phi) is 2.73. The van der Waals surface area contributed by atoms with Crippen molar-refractivity contribution in [3.05, 3.63) is 12.4 Å². The van der Waals surface area contributed by atoms with Crippen LogP contribution in [0.1, 0.15) is 6.92 Å². The van der Waals surface area contributed by atoms with Crippen molar-refractivity contribution in [1.82, 2.24) is 9.97 Å². The first-order chi connectivity index (χ1) is 7.18. The Morgan fingerprint density at radius 2 is 2.20 bits per heavy atom. The molecular formula is C10H16N4O. The first kappa shape index (κ1) is 10.2. The van der Waals surface area contributed by atoms with Crippen molar-refractivity contribution < 1.29 is 4.74 Å².